The number of piperidine rings is 1. The fourth-order valence-corrected chi connectivity index (χ4v) is 3.34. The highest BCUT2D eigenvalue weighted by Gasteiger charge is 2.23. The van der Waals surface area contributed by atoms with E-state index in [2.05, 4.69) is 4.90 Å². The Hall–Kier alpha value is -0.440. The van der Waals surface area contributed by atoms with Gasteiger partial charge in [0.1, 0.15) is 0 Å². The lowest BCUT2D eigenvalue weighted by molar-refractivity contribution is 0.221. The molecule has 4 heteroatoms. The third-order valence-electron chi connectivity index (χ3n) is 4.07. The number of hydrogen-bond donors (Lipinski definition) is 0. The van der Waals surface area contributed by atoms with Gasteiger partial charge in [0.15, 0.2) is 5.75 Å². The van der Waals surface area contributed by atoms with Crippen molar-refractivity contribution >= 4 is 23.2 Å². The van der Waals surface area contributed by atoms with Crippen molar-refractivity contribution in [3.63, 3.8) is 0 Å². The lowest BCUT2D eigenvalue weighted by atomic mass is 10.1. The molecule has 0 radical (unpaired) electrons. The number of benzene rings is 1. The molecule has 1 aromatic carbocycles. The Morgan fingerprint density at radius 3 is 2.30 bits per heavy atom. The molecule has 0 amide bonds. The van der Waals surface area contributed by atoms with E-state index in [1.54, 1.807) is 0 Å². The number of ether oxygens (including phenoxy) is 1. The van der Waals surface area contributed by atoms with E-state index >= 15 is 0 Å². The Kier molecular flexibility index (Phi) is 4.75. The van der Waals surface area contributed by atoms with Crippen molar-refractivity contribution in [3.8, 4) is 5.75 Å². The van der Waals surface area contributed by atoms with E-state index in [9.17, 15) is 0 Å². The zero-order chi connectivity index (χ0) is 13.9. The molecule has 1 saturated heterocycles. The zero-order valence-electron chi connectivity index (χ0n) is 11.7. The summed E-state index contributed by atoms with van der Waals surface area (Å²) in [4.78, 5) is 2.47. The van der Waals surface area contributed by atoms with Crippen LogP contribution in [-0.2, 0) is 6.54 Å². The second kappa shape index (κ2) is 6.55. The predicted octanol–water partition coefficient (Wildman–Crippen LogP) is 4.77. The minimum Gasteiger partial charge on any atom is -0.490 e. The highest BCUT2D eigenvalue weighted by atomic mass is 35.5. The minimum absolute atomic E-state index is 0.644. The summed E-state index contributed by atoms with van der Waals surface area (Å²) < 4.78 is 5.76. The van der Waals surface area contributed by atoms with E-state index in [-0.39, 0.29) is 0 Å². The van der Waals surface area contributed by atoms with E-state index in [0.717, 1.165) is 13.2 Å². The van der Waals surface area contributed by atoms with Gasteiger partial charge in [0.05, 0.1) is 16.7 Å². The van der Waals surface area contributed by atoms with Crippen LogP contribution < -0.4 is 4.74 Å². The van der Waals surface area contributed by atoms with Crippen LogP contribution in [0.3, 0.4) is 0 Å². The second-order valence-electron chi connectivity index (χ2n) is 5.98. The van der Waals surface area contributed by atoms with Gasteiger partial charge < -0.3 is 4.74 Å². The molecule has 1 aliphatic carbocycles. The fraction of sp³-hybridized carbons (Fsp3) is 0.625. The number of hydrogen-bond acceptors (Lipinski definition) is 2. The number of nitrogens with zero attached hydrogens (tertiary/aromatic N) is 1. The third kappa shape index (κ3) is 3.81. The van der Waals surface area contributed by atoms with Gasteiger partial charge in [-0.3, -0.25) is 4.90 Å². The van der Waals surface area contributed by atoms with Gasteiger partial charge in [0.25, 0.3) is 0 Å². The molecule has 0 unspecified atom stereocenters. The molecule has 0 bridgehead atoms. The minimum atomic E-state index is 0.644. The van der Waals surface area contributed by atoms with Gasteiger partial charge in [-0.2, -0.15) is 0 Å². The maximum absolute atomic E-state index is 6.33. The van der Waals surface area contributed by atoms with Gasteiger partial charge in [0, 0.05) is 6.54 Å². The van der Waals surface area contributed by atoms with Crippen LogP contribution in [-0.4, -0.2) is 24.6 Å². The van der Waals surface area contributed by atoms with Gasteiger partial charge >= 0.3 is 0 Å². The van der Waals surface area contributed by atoms with Crippen molar-refractivity contribution < 1.29 is 4.74 Å². The summed E-state index contributed by atoms with van der Waals surface area (Å²) in [5.74, 6) is 1.36. The van der Waals surface area contributed by atoms with Crippen molar-refractivity contribution in [1.82, 2.24) is 4.90 Å². The van der Waals surface area contributed by atoms with Crippen molar-refractivity contribution in [2.45, 2.75) is 38.6 Å². The maximum atomic E-state index is 6.33. The van der Waals surface area contributed by atoms with E-state index in [1.165, 1.54) is 50.8 Å². The zero-order valence-corrected chi connectivity index (χ0v) is 13.2. The maximum Gasteiger partial charge on any atom is 0.156 e. The summed E-state index contributed by atoms with van der Waals surface area (Å²) in [5.41, 5.74) is 1.18. The first-order valence-electron chi connectivity index (χ1n) is 7.55. The van der Waals surface area contributed by atoms with E-state index in [1.807, 2.05) is 12.1 Å². The van der Waals surface area contributed by atoms with Crippen LogP contribution >= 0.6 is 23.2 Å². The van der Waals surface area contributed by atoms with Crippen molar-refractivity contribution in [3.05, 3.63) is 27.7 Å². The van der Waals surface area contributed by atoms with Gasteiger partial charge in [0.2, 0.25) is 0 Å². The molecule has 1 saturated carbocycles. The van der Waals surface area contributed by atoms with Gasteiger partial charge in [-0.05, 0) is 62.4 Å². The van der Waals surface area contributed by atoms with Crippen LogP contribution in [0, 0.1) is 5.92 Å². The molecular formula is C16H21Cl2NO. The molecule has 0 N–H and O–H groups in total. The lowest BCUT2D eigenvalue weighted by Gasteiger charge is -2.26. The van der Waals surface area contributed by atoms with Crippen molar-refractivity contribution in [2.24, 2.45) is 5.92 Å². The topological polar surface area (TPSA) is 12.5 Å². The molecule has 1 aliphatic heterocycles. The van der Waals surface area contributed by atoms with Crippen LogP contribution in [0.25, 0.3) is 0 Å². The van der Waals surface area contributed by atoms with E-state index in [0.29, 0.717) is 21.7 Å². The predicted molar refractivity (Wildman–Crippen MR) is 83.8 cm³/mol. The Morgan fingerprint density at radius 2 is 1.70 bits per heavy atom. The molecule has 1 heterocycles. The van der Waals surface area contributed by atoms with Gasteiger partial charge in [-0.15, -0.1) is 0 Å². The molecule has 2 nitrogen and oxygen atoms in total. The number of likely N-dealkylation sites (tertiary alicyclic amines) is 1. The Morgan fingerprint density at radius 1 is 1.05 bits per heavy atom. The van der Waals surface area contributed by atoms with Crippen molar-refractivity contribution in [1.29, 1.82) is 0 Å². The quantitative estimate of drug-likeness (QED) is 0.776. The highest BCUT2D eigenvalue weighted by molar-refractivity contribution is 6.37. The molecule has 2 fully saturated rings. The normalized spacial score (nSPS) is 20.1. The molecule has 0 aromatic heterocycles. The molecular weight excluding hydrogens is 293 g/mol. The van der Waals surface area contributed by atoms with Gasteiger partial charge in [-0.1, -0.05) is 29.6 Å². The summed E-state index contributed by atoms with van der Waals surface area (Å²) >= 11 is 12.7. The average Bonchev–Trinajstić information content (AvgIpc) is 3.23. The average molecular weight is 314 g/mol. The number of halogens is 2. The van der Waals surface area contributed by atoms with E-state index in [4.69, 9.17) is 27.9 Å². The Labute approximate surface area is 131 Å². The summed E-state index contributed by atoms with van der Waals surface area (Å²) in [6.45, 7) is 4.03. The first-order valence-corrected chi connectivity index (χ1v) is 8.31. The van der Waals surface area contributed by atoms with Crippen LogP contribution in [0.5, 0.6) is 5.75 Å². The number of rotatable bonds is 5. The second-order valence-corrected chi connectivity index (χ2v) is 6.79. The molecule has 0 spiro atoms. The smallest absolute Gasteiger partial charge is 0.156 e. The molecule has 3 rings (SSSR count). The lowest BCUT2D eigenvalue weighted by Crippen LogP contribution is -2.29. The SMILES string of the molecule is Clc1cc(CN2CCCCC2)cc(Cl)c1OCC1CC1. The molecule has 110 valence electrons. The Bertz CT molecular complexity index is 445. The monoisotopic (exact) mass is 313 g/mol. The molecule has 0 atom stereocenters. The summed E-state index contributed by atoms with van der Waals surface area (Å²) in [7, 11) is 0. The summed E-state index contributed by atoms with van der Waals surface area (Å²) in [5, 5.41) is 1.29. The standard InChI is InChI=1S/C16H21Cl2NO/c17-14-8-13(10-19-6-2-1-3-7-19)9-15(18)16(14)20-11-12-4-5-12/h8-9,12H,1-7,10-11H2. The largest absolute Gasteiger partial charge is 0.490 e. The van der Waals surface area contributed by atoms with Gasteiger partial charge in [-0.25, -0.2) is 0 Å². The van der Waals surface area contributed by atoms with Crippen LogP contribution in [0.4, 0.5) is 0 Å². The van der Waals surface area contributed by atoms with Crippen LogP contribution in [0.15, 0.2) is 12.1 Å². The molecule has 1 aromatic rings. The van der Waals surface area contributed by atoms with E-state index < -0.39 is 0 Å². The van der Waals surface area contributed by atoms with Crippen LogP contribution in [0.2, 0.25) is 10.0 Å². The first kappa shape index (κ1) is 14.5. The highest BCUT2D eigenvalue weighted by Crippen LogP contribution is 2.37. The molecule has 20 heavy (non-hydrogen) atoms. The summed E-state index contributed by atoms with van der Waals surface area (Å²) in [6, 6.07) is 4.01. The van der Waals surface area contributed by atoms with Crippen LogP contribution in [0.1, 0.15) is 37.7 Å². The first-order chi connectivity index (χ1) is 9.72. The fourth-order valence-electron chi connectivity index (χ4n) is 2.70. The third-order valence-corrected chi connectivity index (χ3v) is 4.63. The Balaban J connectivity index is 1.65. The molecule has 2 aliphatic rings. The summed E-state index contributed by atoms with van der Waals surface area (Å²) in [6.07, 6.45) is 6.48. The van der Waals surface area contributed by atoms with Crippen molar-refractivity contribution in [2.75, 3.05) is 19.7 Å².